The topological polar surface area (TPSA) is 86.9 Å². The van der Waals surface area contributed by atoms with E-state index in [-0.39, 0.29) is 5.91 Å². The largest absolute Gasteiger partial charge is 0.497 e. The highest BCUT2D eigenvalue weighted by atomic mass is 16.5. The summed E-state index contributed by atoms with van der Waals surface area (Å²) in [7, 11) is 3.47. The van der Waals surface area contributed by atoms with Gasteiger partial charge in [0.1, 0.15) is 5.75 Å². The molecule has 4 aromatic rings. The maximum Gasteiger partial charge on any atom is 0.252 e. The normalized spacial score (nSPS) is 11.1. The van der Waals surface area contributed by atoms with Gasteiger partial charge in [-0.05, 0) is 49.7 Å². The van der Waals surface area contributed by atoms with Gasteiger partial charge >= 0.3 is 0 Å². The second-order valence-corrected chi connectivity index (χ2v) is 7.42. The molecule has 8 heteroatoms. The van der Waals surface area contributed by atoms with Crippen molar-refractivity contribution in [1.29, 1.82) is 0 Å². The van der Waals surface area contributed by atoms with Gasteiger partial charge in [0.2, 0.25) is 0 Å². The molecule has 4 rings (SSSR count). The molecule has 1 amide bonds. The molecule has 31 heavy (non-hydrogen) atoms. The van der Waals surface area contributed by atoms with Gasteiger partial charge in [0, 0.05) is 25.4 Å². The second-order valence-electron chi connectivity index (χ2n) is 7.42. The third kappa shape index (κ3) is 4.01. The number of nitrogens with one attached hydrogen (secondary N) is 1. The number of rotatable bonds is 7. The first-order chi connectivity index (χ1) is 15.0. The first kappa shape index (κ1) is 20.6. The number of hydrogen-bond donors (Lipinski definition) is 1. The Morgan fingerprint density at radius 3 is 2.68 bits per heavy atom. The number of pyridine rings is 1. The van der Waals surface area contributed by atoms with E-state index in [9.17, 15) is 4.79 Å². The van der Waals surface area contributed by atoms with Crippen molar-refractivity contribution in [1.82, 2.24) is 29.9 Å². The average molecular weight is 419 g/mol. The molecule has 3 aromatic heterocycles. The lowest BCUT2D eigenvalue weighted by molar-refractivity contribution is 0.0951. The highest BCUT2D eigenvalue weighted by molar-refractivity contribution is 6.07. The smallest absolute Gasteiger partial charge is 0.252 e. The number of amides is 1. The van der Waals surface area contributed by atoms with E-state index in [1.54, 1.807) is 18.0 Å². The molecule has 0 atom stereocenters. The molecule has 0 aliphatic carbocycles. The maximum absolute atomic E-state index is 13.2. The molecule has 160 valence electrons. The lowest BCUT2D eigenvalue weighted by Crippen LogP contribution is -2.25. The van der Waals surface area contributed by atoms with Crippen LogP contribution in [0.2, 0.25) is 0 Å². The van der Waals surface area contributed by atoms with Crippen LogP contribution in [-0.4, -0.2) is 37.6 Å². The van der Waals surface area contributed by atoms with Crippen LogP contribution in [0.5, 0.6) is 5.75 Å². The van der Waals surface area contributed by atoms with E-state index in [2.05, 4.69) is 22.4 Å². The molecule has 0 aliphatic rings. The number of benzene rings is 1. The molecule has 1 N–H and O–H groups in total. The summed E-state index contributed by atoms with van der Waals surface area (Å²) in [6, 6.07) is 11.4. The van der Waals surface area contributed by atoms with Crippen LogP contribution >= 0.6 is 0 Å². The van der Waals surface area contributed by atoms with Gasteiger partial charge in [0.15, 0.2) is 5.65 Å². The van der Waals surface area contributed by atoms with Crippen LogP contribution in [-0.2, 0) is 20.1 Å². The quantitative estimate of drug-likeness (QED) is 0.496. The number of carbonyl (C=O) groups excluding carboxylic acids is 1. The summed E-state index contributed by atoms with van der Waals surface area (Å²) in [6.07, 6.45) is 2.74. The minimum absolute atomic E-state index is 0.164. The van der Waals surface area contributed by atoms with Crippen molar-refractivity contribution in [3.05, 3.63) is 59.5 Å². The van der Waals surface area contributed by atoms with E-state index in [1.807, 2.05) is 55.1 Å². The maximum atomic E-state index is 13.2. The molecule has 0 spiro atoms. The molecular formula is C23H26N6O2. The molecule has 0 fully saturated rings. The zero-order valence-electron chi connectivity index (χ0n) is 18.2. The molecule has 0 saturated carbocycles. The monoisotopic (exact) mass is 418 g/mol. The number of aryl methyl sites for hydroxylation is 3. The van der Waals surface area contributed by atoms with Gasteiger partial charge < -0.3 is 10.1 Å². The summed E-state index contributed by atoms with van der Waals surface area (Å²) in [5.74, 6) is 0.602. The van der Waals surface area contributed by atoms with Crippen molar-refractivity contribution >= 4 is 16.9 Å². The van der Waals surface area contributed by atoms with E-state index in [4.69, 9.17) is 9.72 Å². The van der Waals surface area contributed by atoms with Crippen LogP contribution in [0.15, 0.2) is 42.6 Å². The van der Waals surface area contributed by atoms with Gasteiger partial charge in [-0.1, -0.05) is 6.92 Å². The van der Waals surface area contributed by atoms with Crippen LogP contribution in [0.3, 0.4) is 0 Å². The van der Waals surface area contributed by atoms with E-state index < -0.39 is 0 Å². The summed E-state index contributed by atoms with van der Waals surface area (Å²) >= 11 is 0. The fourth-order valence-corrected chi connectivity index (χ4v) is 3.72. The van der Waals surface area contributed by atoms with Crippen LogP contribution in [0.1, 0.15) is 35.1 Å². The van der Waals surface area contributed by atoms with Gasteiger partial charge in [0.05, 0.1) is 41.7 Å². The Balaban J connectivity index is 1.71. The SMILES string of the molecule is CCCn1nccc1CNC(=O)c1cc(-c2ccc(OC)cc2)nc2c1c(C)nn2C. The van der Waals surface area contributed by atoms with Crippen molar-refractivity contribution in [2.45, 2.75) is 33.4 Å². The summed E-state index contributed by atoms with van der Waals surface area (Å²) < 4.78 is 8.88. The third-order valence-corrected chi connectivity index (χ3v) is 5.27. The number of nitrogens with zero attached hydrogens (tertiary/aromatic N) is 5. The van der Waals surface area contributed by atoms with E-state index in [0.717, 1.165) is 41.1 Å². The number of methoxy groups -OCH3 is 1. The zero-order valence-corrected chi connectivity index (χ0v) is 18.2. The van der Waals surface area contributed by atoms with Gasteiger partial charge in [0.25, 0.3) is 5.91 Å². The van der Waals surface area contributed by atoms with Crippen LogP contribution < -0.4 is 10.1 Å². The summed E-state index contributed by atoms with van der Waals surface area (Å²) in [5, 5.41) is 12.6. The fraction of sp³-hybridized carbons (Fsp3) is 0.304. The average Bonchev–Trinajstić information content (AvgIpc) is 3.35. The van der Waals surface area contributed by atoms with Crippen molar-refractivity contribution in [2.24, 2.45) is 7.05 Å². The third-order valence-electron chi connectivity index (χ3n) is 5.27. The highest BCUT2D eigenvalue weighted by Gasteiger charge is 2.19. The first-order valence-electron chi connectivity index (χ1n) is 10.3. The van der Waals surface area contributed by atoms with E-state index in [1.165, 1.54) is 0 Å². The molecule has 1 aromatic carbocycles. The summed E-state index contributed by atoms with van der Waals surface area (Å²) in [5.41, 5.74) is 4.58. The predicted molar refractivity (Wildman–Crippen MR) is 119 cm³/mol. The molecule has 0 unspecified atom stereocenters. The molecule has 0 saturated heterocycles. The minimum atomic E-state index is -0.164. The minimum Gasteiger partial charge on any atom is -0.497 e. The number of ether oxygens (including phenoxy) is 1. The molecule has 0 bridgehead atoms. The Kier molecular flexibility index (Phi) is 5.70. The Labute approximate surface area is 180 Å². The van der Waals surface area contributed by atoms with E-state index in [0.29, 0.717) is 23.4 Å². The predicted octanol–water partition coefficient (Wildman–Crippen LogP) is 3.49. The Hall–Kier alpha value is -3.68. The Morgan fingerprint density at radius 1 is 1.19 bits per heavy atom. The summed E-state index contributed by atoms with van der Waals surface area (Å²) in [6.45, 7) is 5.22. The molecular weight excluding hydrogens is 392 g/mol. The Morgan fingerprint density at radius 2 is 1.97 bits per heavy atom. The van der Waals surface area contributed by atoms with Crippen LogP contribution in [0, 0.1) is 6.92 Å². The number of aromatic nitrogens is 5. The van der Waals surface area contributed by atoms with E-state index >= 15 is 0 Å². The van der Waals surface area contributed by atoms with Gasteiger partial charge in [-0.3, -0.25) is 14.2 Å². The first-order valence-corrected chi connectivity index (χ1v) is 10.3. The van der Waals surface area contributed by atoms with Gasteiger partial charge in [-0.15, -0.1) is 0 Å². The highest BCUT2D eigenvalue weighted by Crippen LogP contribution is 2.28. The standard InChI is InChI=1S/C23H26N6O2/c1-5-12-29-17(10-11-25-29)14-24-23(30)19-13-20(16-6-8-18(31-4)9-7-16)26-22-21(19)15(2)27-28(22)3/h6-11,13H,5,12,14H2,1-4H3,(H,24,30). The number of hydrogen-bond acceptors (Lipinski definition) is 5. The zero-order chi connectivity index (χ0) is 22.0. The molecule has 0 radical (unpaired) electrons. The van der Waals surface area contributed by atoms with Crippen molar-refractivity contribution in [2.75, 3.05) is 7.11 Å². The number of carbonyl (C=O) groups is 1. The number of fused-ring (bicyclic) bond motifs is 1. The molecule has 0 aliphatic heterocycles. The van der Waals surface area contributed by atoms with Crippen molar-refractivity contribution in [3.8, 4) is 17.0 Å². The fourth-order valence-electron chi connectivity index (χ4n) is 3.72. The second kappa shape index (κ2) is 8.59. The van der Waals surface area contributed by atoms with Crippen LogP contribution in [0.4, 0.5) is 0 Å². The van der Waals surface area contributed by atoms with Gasteiger partial charge in [-0.2, -0.15) is 10.2 Å². The van der Waals surface area contributed by atoms with Crippen LogP contribution in [0.25, 0.3) is 22.3 Å². The summed E-state index contributed by atoms with van der Waals surface area (Å²) in [4.78, 5) is 18.0. The van der Waals surface area contributed by atoms with Crippen molar-refractivity contribution in [3.63, 3.8) is 0 Å². The van der Waals surface area contributed by atoms with Crippen molar-refractivity contribution < 1.29 is 9.53 Å². The Bertz CT molecular complexity index is 1220. The lowest BCUT2D eigenvalue weighted by atomic mass is 10.0. The molecule has 8 nitrogen and oxygen atoms in total. The molecule has 3 heterocycles. The van der Waals surface area contributed by atoms with Gasteiger partial charge in [-0.25, -0.2) is 4.98 Å². The lowest BCUT2D eigenvalue weighted by Gasteiger charge is -2.11.